The van der Waals surface area contributed by atoms with Gasteiger partial charge in [-0.15, -0.1) is 0 Å². The second-order valence-electron chi connectivity index (χ2n) is 9.57. The van der Waals surface area contributed by atoms with E-state index >= 15 is 0 Å². The third-order valence-corrected chi connectivity index (χ3v) is 7.12. The van der Waals surface area contributed by atoms with Gasteiger partial charge in [-0.05, 0) is 68.5 Å². The quantitative estimate of drug-likeness (QED) is 0.681. The molecule has 0 aliphatic carbocycles. The Labute approximate surface area is 200 Å². The monoisotopic (exact) mass is 467 g/mol. The molecule has 6 nitrogen and oxygen atoms in total. The molecule has 4 rings (SSSR count). The summed E-state index contributed by atoms with van der Waals surface area (Å²) in [6.45, 7) is 5.72. The van der Waals surface area contributed by atoms with Crippen molar-refractivity contribution in [3.63, 3.8) is 0 Å². The van der Waals surface area contributed by atoms with Crippen molar-refractivity contribution in [1.82, 2.24) is 15.1 Å². The van der Waals surface area contributed by atoms with E-state index in [1.54, 1.807) is 36.4 Å². The van der Waals surface area contributed by atoms with Crippen molar-refractivity contribution in [2.45, 2.75) is 44.7 Å². The number of benzene rings is 2. The first-order valence-corrected chi connectivity index (χ1v) is 12.3. The predicted molar refractivity (Wildman–Crippen MR) is 129 cm³/mol. The van der Waals surface area contributed by atoms with Crippen LogP contribution in [0.25, 0.3) is 0 Å². The van der Waals surface area contributed by atoms with Crippen molar-refractivity contribution in [2.24, 2.45) is 5.92 Å². The van der Waals surface area contributed by atoms with Gasteiger partial charge in [-0.25, -0.2) is 4.39 Å². The van der Waals surface area contributed by atoms with Crippen LogP contribution in [0.2, 0.25) is 0 Å². The summed E-state index contributed by atoms with van der Waals surface area (Å²) in [4.78, 5) is 30.1. The van der Waals surface area contributed by atoms with E-state index < -0.39 is 24.4 Å². The first-order valence-electron chi connectivity index (χ1n) is 12.3. The van der Waals surface area contributed by atoms with Crippen LogP contribution in [0.3, 0.4) is 0 Å². The summed E-state index contributed by atoms with van der Waals surface area (Å²) in [6, 6.07) is 12.3. The third-order valence-electron chi connectivity index (χ3n) is 7.12. The Morgan fingerprint density at radius 3 is 2.35 bits per heavy atom. The minimum atomic E-state index is -0.848. The minimum Gasteiger partial charge on any atom is -0.394 e. The molecule has 0 aromatic heterocycles. The average molecular weight is 468 g/mol. The number of carbonyl (C=O) groups is 2. The number of amides is 2. The Bertz CT molecular complexity index is 989. The summed E-state index contributed by atoms with van der Waals surface area (Å²) in [5.41, 5.74) is 1.13. The molecule has 2 amide bonds. The van der Waals surface area contributed by atoms with E-state index in [-0.39, 0.29) is 11.5 Å². The van der Waals surface area contributed by atoms with Gasteiger partial charge in [-0.3, -0.25) is 14.5 Å². The lowest BCUT2D eigenvalue weighted by Gasteiger charge is -2.41. The van der Waals surface area contributed by atoms with Gasteiger partial charge in [-0.1, -0.05) is 25.1 Å². The Morgan fingerprint density at radius 2 is 1.71 bits per heavy atom. The number of carbonyl (C=O) groups excluding carboxylic acids is 2. The molecular formula is C27H34FN3O3. The van der Waals surface area contributed by atoms with E-state index in [2.05, 4.69) is 17.1 Å². The molecular weight excluding hydrogens is 433 g/mol. The number of rotatable bonds is 6. The van der Waals surface area contributed by atoms with Gasteiger partial charge in [0, 0.05) is 42.4 Å². The number of hydrogen-bond acceptors (Lipinski definition) is 4. The van der Waals surface area contributed by atoms with Crippen LogP contribution < -0.4 is 5.32 Å². The van der Waals surface area contributed by atoms with Gasteiger partial charge in [0.2, 0.25) is 0 Å². The Hall–Kier alpha value is -2.77. The van der Waals surface area contributed by atoms with Gasteiger partial charge < -0.3 is 15.3 Å². The summed E-state index contributed by atoms with van der Waals surface area (Å²) in [6.07, 6.45) is 4.57. The number of piperidine rings is 2. The number of aliphatic hydroxyl groups excluding tert-OH is 1. The van der Waals surface area contributed by atoms with Crippen LogP contribution >= 0.6 is 0 Å². The predicted octanol–water partition coefficient (Wildman–Crippen LogP) is 3.63. The van der Waals surface area contributed by atoms with Crippen LogP contribution in [-0.2, 0) is 0 Å². The van der Waals surface area contributed by atoms with Crippen molar-refractivity contribution in [3.8, 4) is 0 Å². The zero-order valence-electron chi connectivity index (χ0n) is 19.8. The van der Waals surface area contributed by atoms with Gasteiger partial charge in [0.05, 0.1) is 12.6 Å². The lowest BCUT2D eigenvalue weighted by Crippen LogP contribution is -2.49. The van der Waals surface area contributed by atoms with Crippen molar-refractivity contribution in [3.05, 3.63) is 71.0 Å². The lowest BCUT2D eigenvalue weighted by molar-refractivity contribution is 0.0541. The first kappa shape index (κ1) is 24.4. The summed E-state index contributed by atoms with van der Waals surface area (Å²) < 4.78 is 14.0. The van der Waals surface area contributed by atoms with E-state index in [0.29, 0.717) is 17.2 Å². The third kappa shape index (κ3) is 5.65. The van der Waals surface area contributed by atoms with Crippen LogP contribution in [0, 0.1) is 11.7 Å². The minimum absolute atomic E-state index is 0.0167. The molecule has 7 heteroatoms. The molecule has 2 aliphatic rings. The molecule has 1 unspecified atom stereocenters. The molecule has 2 aromatic rings. The first-order chi connectivity index (χ1) is 16.5. The molecule has 2 heterocycles. The second-order valence-corrected chi connectivity index (χ2v) is 9.57. The molecule has 2 atom stereocenters. The highest BCUT2D eigenvalue weighted by Gasteiger charge is 2.29. The van der Waals surface area contributed by atoms with Gasteiger partial charge in [0.15, 0.2) is 0 Å². The van der Waals surface area contributed by atoms with Crippen LogP contribution in [0.15, 0.2) is 48.5 Å². The van der Waals surface area contributed by atoms with Crippen LogP contribution in [0.4, 0.5) is 4.39 Å². The summed E-state index contributed by atoms with van der Waals surface area (Å²) >= 11 is 0. The standard InChI is InChI=1S/C27H34FN3O3/c1-19-5-4-14-31(17-19)22-12-15-30(16-13-22)27(34)21-10-8-20(9-11-21)26(33)29-25(18-32)23-6-2-3-7-24(23)28/h2-3,6-11,19,22,25,32H,4-5,12-18H2,1H3,(H,29,33)/t19-,25?/m1/s1. The summed E-state index contributed by atoms with van der Waals surface area (Å²) in [5.74, 6) is -0.181. The number of halogens is 1. The second kappa shape index (κ2) is 11.1. The average Bonchev–Trinajstić information content (AvgIpc) is 2.87. The lowest BCUT2D eigenvalue weighted by atomic mass is 9.95. The number of hydrogen-bond donors (Lipinski definition) is 2. The normalized spacial score (nSPS) is 20.7. The molecule has 0 radical (unpaired) electrons. The molecule has 0 bridgehead atoms. The molecule has 0 spiro atoms. The molecule has 34 heavy (non-hydrogen) atoms. The van der Waals surface area contributed by atoms with E-state index in [0.717, 1.165) is 38.4 Å². The van der Waals surface area contributed by atoms with Crippen LogP contribution in [0.1, 0.15) is 64.9 Å². The zero-order valence-corrected chi connectivity index (χ0v) is 19.8. The maximum Gasteiger partial charge on any atom is 0.253 e. The van der Waals surface area contributed by atoms with Gasteiger partial charge in [0.25, 0.3) is 11.8 Å². The maximum absolute atomic E-state index is 14.0. The van der Waals surface area contributed by atoms with E-state index in [1.807, 2.05) is 4.90 Å². The molecule has 0 saturated carbocycles. The molecule has 182 valence electrons. The number of nitrogens with zero attached hydrogens (tertiary/aromatic N) is 2. The van der Waals surface area contributed by atoms with Crippen LogP contribution in [0.5, 0.6) is 0 Å². The van der Waals surface area contributed by atoms with Crippen molar-refractivity contribution < 1.29 is 19.1 Å². The fourth-order valence-corrected chi connectivity index (χ4v) is 5.16. The summed E-state index contributed by atoms with van der Waals surface area (Å²) in [5, 5.41) is 12.3. The Kier molecular flexibility index (Phi) is 7.95. The fraction of sp³-hybridized carbons (Fsp3) is 0.481. The van der Waals surface area contributed by atoms with E-state index in [1.165, 1.54) is 31.5 Å². The molecule has 2 aromatic carbocycles. The van der Waals surface area contributed by atoms with Crippen molar-refractivity contribution in [2.75, 3.05) is 32.8 Å². The Morgan fingerprint density at radius 1 is 1.03 bits per heavy atom. The zero-order chi connectivity index (χ0) is 24.1. The van der Waals surface area contributed by atoms with Crippen molar-refractivity contribution >= 4 is 11.8 Å². The highest BCUT2D eigenvalue weighted by Crippen LogP contribution is 2.24. The van der Waals surface area contributed by atoms with Gasteiger partial charge in [0.1, 0.15) is 5.82 Å². The summed E-state index contributed by atoms with van der Waals surface area (Å²) in [7, 11) is 0. The maximum atomic E-state index is 14.0. The molecule has 2 saturated heterocycles. The van der Waals surface area contributed by atoms with Gasteiger partial charge >= 0.3 is 0 Å². The van der Waals surface area contributed by atoms with Crippen LogP contribution in [-0.4, -0.2) is 65.5 Å². The molecule has 2 aliphatic heterocycles. The van der Waals surface area contributed by atoms with E-state index in [4.69, 9.17) is 0 Å². The SMILES string of the molecule is C[C@@H]1CCCN(C2CCN(C(=O)c3ccc(C(=O)NC(CO)c4ccccc4F)cc3)CC2)C1. The van der Waals surface area contributed by atoms with Gasteiger partial charge in [-0.2, -0.15) is 0 Å². The van der Waals surface area contributed by atoms with E-state index in [9.17, 15) is 19.1 Å². The topological polar surface area (TPSA) is 72.9 Å². The smallest absolute Gasteiger partial charge is 0.253 e. The number of aliphatic hydroxyl groups is 1. The largest absolute Gasteiger partial charge is 0.394 e. The fourth-order valence-electron chi connectivity index (χ4n) is 5.16. The Balaban J connectivity index is 1.33. The highest BCUT2D eigenvalue weighted by atomic mass is 19.1. The number of likely N-dealkylation sites (tertiary alicyclic amines) is 2. The highest BCUT2D eigenvalue weighted by molar-refractivity contribution is 5.98. The molecule has 2 N–H and O–H groups in total. The molecule has 2 fully saturated rings. The number of nitrogens with one attached hydrogen (secondary N) is 1. The van der Waals surface area contributed by atoms with Crippen molar-refractivity contribution in [1.29, 1.82) is 0 Å².